The molecular formula is C15H17ClN2O3. The lowest BCUT2D eigenvalue weighted by molar-refractivity contribution is 0.141. The van der Waals surface area contributed by atoms with Crippen LogP contribution in [0.1, 0.15) is 13.3 Å². The maximum Gasteiger partial charge on any atom is 0.329 e. The lowest BCUT2D eigenvalue weighted by atomic mass is 10.1. The Morgan fingerprint density at radius 2 is 1.95 bits per heavy atom. The van der Waals surface area contributed by atoms with Gasteiger partial charge in [0.25, 0.3) is 5.56 Å². The van der Waals surface area contributed by atoms with E-state index in [-0.39, 0.29) is 10.7 Å². The van der Waals surface area contributed by atoms with Gasteiger partial charge < -0.3 is 4.74 Å². The minimum Gasteiger partial charge on any atom is -0.382 e. The van der Waals surface area contributed by atoms with Crippen LogP contribution in [0.15, 0.2) is 39.9 Å². The molecule has 1 N–H and O–H groups in total. The van der Waals surface area contributed by atoms with Crippen LogP contribution in [-0.4, -0.2) is 22.8 Å². The fourth-order valence-corrected chi connectivity index (χ4v) is 2.34. The highest BCUT2D eigenvalue weighted by atomic mass is 35.5. The van der Waals surface area contributed by atoms with Crippen molar-refractivity contribution in [3.63, 3.8) is 0 Å². The van der Waals surface area contributed by atoms with Crippen LogP contribution >= 0.6 is 11.6 Å². The Morgan fingerprint density at radius 3 is 2.62 bits per heavy atom. The second-order valence-corrected chi connectivity index (χ2v) is 4.87. The first-order valence-electron chi connectivity index (χ1n) is 6.81. The number of nitrogens with one attached hydrogen (secondary N) is 1. The van der Waals surface area contributed by atoms with E-state index in [0.29, 0.717) is 37.3 Å². The van der Waals surface area contributed by atoms with Crippen LogP contribution in [-0.2, 0) is 11.3 Å². The first kappa shape index (κ1) is 15.5. The highest BCUT2D eigenvalue weighted by molar-refractivity contribution is 6.32. The molecule has 2 rings (SSSR count). The molecule has 0 bridgehead atoms. The highest BCUT2D eigenvalue weighted by Gasteiger charge is 2.14. The normalized spacial score (nSPS) is 10.8. The summed E-state index contributed by atoms with van der Waals surface area (Å²) in [7, 11) is 0. The molecule has 1 aromatic carbocycles. The van der Waals surface area contributed by atoms with Gasteiger partial charge in [0.2, 0.25) is 0 Å². The number of aromatic nitrogens is 2. The van der Waals surface area contributed by atoms with Gasteiger partial charge in [-0.3, -0.25) is 14.3 Å². The zero-order valence-corrected chi connectivity index (χ0v) is 12.5. The van der Waals surface area contributed by atoms with E-state index in [1.807, 2.05) is 25.1 Å². The van der Waals surface area contributed by atoms with Gasteiger partial charge in [0.05, 0.1) is 5.56 Å². The second kappa shape index (κ2) is 7.24. The summed E-state index contributed by atoms with van der Waals surface area (Å²) in [5, 5.41) is 0.0669. The van der Waals surface area contributed by atoms with Crippen LogP contribution in [0.25, 0.3) is 11.1 Å². The molecule has 0 spiro atoms. The molecule has 0 saturated carbocycles. The number of rotatable bonds is 6. The number of hydrogen-bond donors (Lipinski definition) is 1. The smallest absolute Gasteiger partial charge is 0.329 e. The minimum atomic E-state index is -0.499. The van der Waals surface area contributed by atoms with Crippen molar-refractivity contribution in [1.29, 1.82) is 0 Å². The van der Waals surface area contributed by atoms with Crippen molar-refractivity contribution in [3.05, 3.63) is 56.3 Å². The summed E-state index contributed by atoms with van der Waals surface area (Å²) in [6.07, 6.45) is 0.590. The molecule has 0 aliphatic rings. The summed E-state index contributed by atoms with van der Waals surface area (Å²) < 4.78 is 6.38. The van der Waals surface area contributed by atoms with Crippen molar-refractivity contribution >= 4 is 11.6 Å². The van der Waals surface area contributed by atoms with Crippen LogP contribution < -0.4 is 11.2 Å². The van der Waals surface area contributed by atoms with E-state index in [2.05, 4.69) is 4.98 Å². The Labute approximate surface area is 127 Å². The molecule has 2 aromatic rings. The van der Waals surface area contributed by atoms with Gasteiger partial charge >= 0.3 is 5.69 Å². The van der Waals surface area contributed by atoms with E-state index in [0.717, 1.165) is 4.57 Å². The van der Waals surface area contributed by atoms with Gasteiger partial charge in [-0.05, 0) is 18.9 Å². The van der Waals surface area contributed by atoms with Crippen LogP contribution in [0.5, 0.6) is 0 Å². The second-order valence-electron chi connectivity index (χ2n) is 4.49. The summed E-state index contributed by atoms with van der Waals surface area (Å²) in [6, 6.07) is 9.05. The Bertz CT molecular complexity index is 707. The van der Waals surface area contributed by atoms with Gasteiger partial charge in [-0.25, -0.2) is 4.79 Å². The standard InChI is InChI=1S/C15H17ClN2O3/c1-2-21-10-6-9-18-14(19)12(13(16)17-15(18)20)11-7-4-3-5-8-11/h3-5,7-8H,2,6,9-10H2,1H3,(H,17,20). The number of ether oxygens (including phenoxy) is 1. The molecule has 0 amide bonds. The number of hydrogen-bond acceptors (Lipinski definition) is 3. The van der Waals surface area contributed by atoms with Gasteiger partial charge in [0.1, 0.15) is 5.15 Å². The van der Waals surface area contributed by atoms with Gasteiger partial charge in [0.15, 0.2) is 0 Å². The lowest BCUT2D eigenvalue weighted by Gasteiger charge is -2.09. The maximum absolute atomic E-state index is 12.5. The summed E-state index contributed by atoms with van der Waals surface area (Å²) in [5.74, 6) is 0. The number of nitrogens with zero attached hydrogens (tertiary/aromatic N) is 1. The summed E-state index contributed by atoms with van der Waals surface area (Å²) in [5.41, 5.74) is 0.114. The van der Waals surface area contributed by atoms with Crippen molar-refractivity contribution in [2.75, 3.05) is 13.2 Å². The first-order chi connectivity index (χ1) is 10.1. The van der Waals surface area contributed by atoms with Gasteiger partial charge in [-0.15, -0.1) is 0 Å². The third-order valence-corrected chi connectivity index (χ3v) is 3.36. The van der Waals surface area contributed by atoms with E-state index < -0.39 is 5.69 Å². The number of halogens is 1. The predicted molar refractivity (Wildman–Crippen MR) is 82.9 cm³/mol. The molecule has 0 fully saturated rings. The molecule has 0 atom stereocenters. The van der Waals surface area contributed by atoms with Crippen molar-refractivity contribution in [2.24, 2.45) is 0 Å². The molecule has 6 heteroatoms. The van der Waals surface area contributed by atoms with E-state index in [1.165, 1.54) is 0 Å². The van der Waals surface area contributed by atoms with Gasteiger partial charge in [0, 0.05) is 19.8 Å². The Hall–Kier alpha value is -1.85. The van der Waals surface area contributed by atoms with Crippen LogP contribution in [0.2, 0.25) is 5.15 Å². The number of benzene rings is 1. The van der Waals surface area contributed by atoms with Gasteiger partial charge in [-0.2, -0.15) is 0 Å². The maximum atomic E-state index is 12.5. The largest absolute Gasteiger partial charge is 0.382 e. The van der Waals surface area contributed by atoms with Crippen molar-refractivity contribution in [3.8, 4) is 11.1 Å². The van der Waals surface area contributed by atoms with Crippen LogP contribution in [0.3, 0.4) is 0 Å². The SMILES string of the molecule is CCOCCCn1c(=O)[nH]c(Cl)c(-c2ccccc2)c1=O. The summed E-state index contributed by atoms with van der Waals surface area (Å²) >= 11 is 6.03. The van der Waals surface area contributed by atoms with E-state index in [1.54, 1.807) is 12.1 Å². The third kappa shape index (κ3) is 3.62. The monoisotopic (exact) mass is 308 g/mol. The molecule has 1 heterocycles. The molecule has 21 heavy (non-hydrogen) atoms. The molecular weight excluding hydrogens is 292 g/mol. The molecule has 112 valence electrons. The summed E-state index contributed by atoms with van der Waals surface area (Å²) in [6.45, 7) is 3.31. The van der Waals surface area contributed by atoms with Gasteiger partial charge in [-0.1, -0.05) is 41.9 Å². The molecule has 0 aliphatic carbocycles. The molecule has 1 aromatic heterocycles. The number of H-pyrrole nitrogens is 1. The predicted octanol–water partition coefficient (Wildman–Crippen LogP) is 2.28. The Kier molecular flexibility index (Phi) is 5.36. The minimum absolute atomic E-state index is 0.0669. The van der Waals surface area contributed by atoms with Crippen molar-refractivity contribution < 1.29 is 4.74 Å². The van der Waals surface area contributed by atoms with E-state index in [4.69, 9.17) is 16.3 Å². The van der Waals surface area contributed by atoms with E-state index >= 15 is 0 Å². The first-order valence-corrected chi connectivity index (χ1v) is 7.18. The molecule has 0 unspecified atom stereocenters. The van der Waals surface area contributed by atoms with Crippen molar-refractivity contribution in [2.45, 2.75) is 19.9 Å². The third-order valence-electron chi connectivity index (χ3n) is 3.08. The fraction of sp³-hybridized carbons (Fsp3) is 0.333. The zero-order chi connectivity index (χ0) is 15.2. The lowest BCUT2D eigenvalue weighted by Crippen LogP contribution is -2.36. The molecule has 0 aliphatic heterocycles. The van der Waals surface area contributed by atoms with Crippen LogP contribution in [0.4, 0.5) is 0 Å². The quantitative estimate of drug-likeness (QED) is 0.658. The highest BCUT2D eigenvalue weighted by Crippen LogP contribution is 2.20. The van der Waals surface area contributed by atoms with Crippen molar-refractivity contribution in [1.82, 2.24) is 9.55 Å². The van der Waals surface area contributed by atoms with Crippen LogP contribution in [0, 0.1) is 0 Å². The Morgan fingerprint density at radius 1 is 1.24 bits per heavy atom. The average molecular weight is 309 g/mol. The molecule has 5 nitrogen and oxygen atoms in total. The Balaban J connectivity index is 2.39. The topological polar surface area (TPSA) is 64.1 Å². The average Bonchev–Trinajstić information content (AvgIpc) is 2.47. The molecule has 0 saturated heterocycles. The zero-order valence-electron chi connectivity index (χ0n) is 11.8. The fourth-order valence-electron chi connectivity index (χ4n) is 2.07. The summed E-state index contributed by atoms with van der Waals surface area (Å²) in [4.78, 5) is 26.9. The van der Waals surface area contributed by atoms with E-state index in [9.17, 15) is 9.59 Å². The molecule has 0 radical (unpaired) electrons. The number of aromatic amines is 1.